The van der Waals surface area contributed by atoms with E-state index in [0.29, 0.717) is 22.2 Å². The summed E-state index contributed by atoms with van der Waals surface area (Å²) in [6.45, 7) is 1.85. The Bertz CT molecular complexity index is 1180. The lowest BCUT2D eigenvalue weighted by Gasteiger charge is -2.39. The second kappa shape index (κ2) is 8.04. The zero-order valence-electron chi connectivity index (χ0n) is 16.8. The van der Waals surface area contributed by atoms with Gasteiger partial charge in [0.25, 0.3) is 0 Å². The van der Waals surface area contributed by atoms with Gasteiger partial charge in [-0.1, -0.05) is 66.7 Å². The van der Waals surface area contributed by atoms with Crippen molar-refractivity contribution in [3.05, 3.63) is 108 Å². The van der Waals surface area contributed by atoms with E-state index in [2.05, 4.69) is 10.3 Å². The molecule has 0 saturated heterocycles. The average molecular weight is 422 g/mol. The average Bonchev–Trinajstić information content (AvgIpc) is 2.77. The normalized spacial score (nSPS) is 14.7. The van der Waals surface area contributed by atoms with Crippen molar-refractivity contribution < 1.29 is 18.3 Å². The van der Waals surface area contributed by atoms with Crippen molar-refractivity contribution in [3.63, 3.8) is 0 Å². The molecule has 0 aliphatic carbocycles. The topological polar surface area (TPSA) is 45.1 Å². The molecule has 0 spiro atoms. The first-order chi connectivity index (χ1) is 14.8. The molecule has 0 aliphatic heterocycles. The van der Waals surface area contributed by atoms with Crippen LogP contribution in [0.3, 0.4) is 0 Å². The molecule has 0 amide bonds. The number of aryl methyl sites for hydroxylation is 1. The van der Waals surface area contributed by atoms with Gasteiger partial charge in [0.2, 0.25) is 5.60 Å². The molecule has 4 aromatic rings. The van der Waals surface area contributed by atoms with Crippen molar-refractivity contribution in [2.24, 2.45) is 0 Å². The second-order valence-electron chi connectivity index (χ2n) is 7.44. The molecule has 6 heteroatoms. The van der Waals surface area contributed by atoms with E-state index in [-0.39, 0.29) is 5.56 Å². The number of benzene rings is 3. The van der Waals surface area contributed by atoms with Crippen LogP contribution in [0.5, 0.6) is 0 Å². The summed E-state index contributed by atoms with van der Waals surface area (Å²) in [6.07, 6.45) is -4.94. The molecule has 2 N–H and O–H groups in total. The summed E-state index contributed by atoms with van der Waals surface area (Å²) in [6, 6.07) is 22.7. The first-order valence-electron chi connectivity index (χ1n) is 9.83. The number of aliphatic hydroxyl groups is 1. The summed E-state index contributed by atoms with van der Waals surface area (Å²) in [5.74, 6) is 0. The molecule has 2 unspecified atom stereocenters. The smallest absolute Gasteiger partial charge is 0.374 e. The summed E-state index contributed by atoms with van der Waals surface area (Å²) in [5, 5.41) is 15.0. The van der Waals surface area contributed by atoms with Gasteiger partial charge in [-0.15, -0.1) is 0 Å². The zero-order chi connectivity index (χ0) is 22.1. The van der Waals surface area contributed by atoms with Gasteiger partial charge in [0.1, 0.15) is 0 Å². The van der Waals surface area contributed by atoms with Crippen LogP contribution in [0.25, 0.3) is 10.9 Å². The number of nitrogens with zero attached hydrogens (tertiary/aromatic N) is 1. The highest BCUT2D eigenvalue weighted by atomic mass is 19.4. The number of pyridine rings is 1. The number of alkyl halides is 3. The molecular formula is C25H21F3N2O. The van der Waals surface area contributed by atoms with Crippen LogP contribution in [0.1, 0.15) is 22.9 Å². The molecule has 0 aliphatic rings. The minimum atomic E-state index is -4.94. The van der Waals surface area contributed by atoms with Gasteiger partial charge in [0, 0.05) is 16.8 Å². The minimum absolute atomic E-state index is 0.238. The van der Waals surface area contributed by atoms with Crippen LogP contribution in [0, 0.1) is 6.92 Å². The predicted molar refractivity (Wildman–Crippen MR) is 116 cm³/mol. The van der Waals surface area contributed by atoms with Gasteiger partial charge in [-0.2, -0.15) is 13.2 Å². The van der Waals surface area contributed by atoms with Crippen molar-refractivity contribution in [1.82, 2.24) is 4.98 Å². The summed E-state index contributed by atoms with van der Waals surface area (Å²) in [5.41, 5.74) is -1.18. The molecule has 0 saturated carbocycles. The zero-order valence-corrected chi connectivity index (χ0v) is 16.8. The predicted octanol–water partition coefficient (Wildman–Crippen LogP) is 6.15. The van der Waals surface area contributed by atoms with E-state index in [1.54, 1.807) is 60.7 Å². The maximum Gasteiger partial charge on any atom is 0.423 e. The third-order valence-corrected chi connectivity index (χ3v) is 5.37. The number of fused-ring (bicyclic) bond motifs is 1. The van der Waals surface area contributed by atoms with E-state index >= 15 is 0 Å². The summed E-state index contributed by atoms with van der Waals surface area (Å²) >= 11 is 0. The van der Waals surface area contributed by atoms with E-state index < -0.39 is 17.8 Å². The number of nitrogens with one attached hydrogen (secondary N) is 1. The summed E-state index contributed by atoms with van der Waals surface area (Å²) < 4.78 is 43.5. The Morgan fingerprint density at radius 3 is 2.10 bits per heavy atom. The molecule has 0 radical (unpaired) electrons. The van der Waals surface area contributed by atoms with Gasteiger partial charge in [0.15, 0.2) is 0 Å². The van der Waals surface area contributed by atoms with Crippen LogP contribution in [0.2, 0.25) is 0 Å². The van der Waals surface area contributed by atoms with Crippen molar-refractivity contribution in [1.29, 1.82) is 0 Å². The first-order valence-corrected chi connectivity index (χ1v) is 9.83. The molecule has 31 heavy (non-hydrogen) atoms. The number of rotatable bonds is 5. The van der Waals surface area contributed by atoms with Crippen molar-refractivity contribution in [3.8, 4) is 0 Å². The Morgan fingerprint density at radius 2 is 1.45 bits per heavy atom. The lowest BCUT2D eigenvalue weighted by molar-refractivity contribution is -0.273. The largest absolute Gasteiger partial charge is 0.423 e. The Hall–Kier alpha value is -3.38. The Balaban J connectivity index is 1.92. The van der Waals surface area contributed by atoms with E-state index in [4.69, 9.17) is 0 Å². The molecule has 158 valence electrons. The van der Waals surface area contributed by atoms with Crippen LogP contribution in [0.15, 0.2) is 91.0 Å². The molecule has 3 aromatic carbocycles. The highest BCUT2D eigenvalue weighted by Gasteiger charge is 2.60. The Labute approximate surface area is 178 Å². The van der Waals surface area contributed by atoms with Crippen LogP contribution >= 0.6 is 0 Å². The molecular weight excluding hydrogens is 401 g/mol. The van der Waals surface area contributed by atoms with Crippen molar-refractivity contribution in [2.75, 3.05) is 5.32 Å². The maximum atomic E-state index is 14.5. The summed E-state index contributed by atoms with van der Waals surface area (Å²) in [7, 11) is 0. The van der Waals surface area contributed by atoms with Crippen LogP contribution in [0.4, 0.5) is 18.9 Å². The number of hydrogen-bond acceptors (Lipinski definition) is 3. The van der Waals surface area contributed by atoms with E-state index in [1.165, 1.54) is 24.3 Å². The van der Waals surface area contributed by atoms with Gasteiger partial charge in [-0.25, -0.2) is 0 Å². The number of anilines is 1. The fourth-order valence-electron chi connectivity index (χ4n) is 3.80. The molecule has 1 heterocycles. The molecule has 1 aromatic heterocycles. The molecule has 0 bridgehead atoms. The Morgan fingerprint density at radius 1 is 0.806 bits per heavy atom. The van der Waals surface area contributed by atoms with Crippen molar-refractivity contribution in [2.45, 2.75) is 24.7 Å². The second-order valence-corrected chi connectivity index (χ2v) is 7.44. The van der Waals surface area contributed by atoms with Crippen LogP contribution in [-0.4, -0.2) is 16.3 Å². The fourth-order valence-corrected chi connectivity index (χ4v) is 3.80. The molecule has 0 fully saturated rings. The molecule has 3 nitrogen and oxygen atoms in total. The van der Waals surface area contributed by atoms with E-state index in [0.717, 1.165) is 5.69 Å². The van der Waals surface area contributed by atoms with Gasteiger partial charge in [0.05, 0.1) is 11.6 Å². The number of hydrogen-bond donors (Lipinski definition) is 2. The number of aromatic nitrogens is 1. The van der Waals surface area contributed by atoms with E-state index in [1.807, 2.05) is 13.0 Å². The SMILES string of the molecule is Cc1ccc2c(NC(c3ccccc3)C(O)(c3ccccc3)C(F)(F)F)cccc2n1. The van der Waals surface area contributed by atoms with Gasteiger partial charge in [-0.3, -0.25) is 4.98 Å². The van der Waals surface area contributed by atoms with Crippen molar-refractivity contribution >= 4 is 16.6 Å². The van der Waals surface area contributed by atoms with E-state index in [9.17, 15) is 18.3 Å². The summed E-state index contributed by atoms with van der Waals surface area (Å²) in [4.78, 5) is 4.46. The van der Waals surface area contributed by atoms with Gasteiger partial charge < -0.3 is 10.4 Å². The lowest BCUT2D eigenvalue weighted by Crippen LogP contribution is -2.50. The highest BCUT2D eigenvalue weighted by molar-refractivity contribution is 5.91. The molecule has 4 rings (SSSR count). The maximum absolute atomic E-state index is 14.5. The fraction of sp³-hybridized carbons (Fsp3) is 0.160. The number of halogens is 3. The van der Waals surface area contributed by atoms with Crippen LogP contribution < -0.4 is 5.32 Å². The standard InChI is InChI=1S/C25H21F3N2O/c1-17-15-16-20-21(29-17)13-8-14-22(20)30-23(18-9-4-2-5-10-18)24(31,25(26,27)28)19-11-6-3-7-12-19/h2-16,23,30-31H,1H3. The first kappa shape index (κ1) is 20.9. The van der Waals surface area contributed by atoms with Crippen LogP contribution in [-0.2, 0) is 5.60 Å². The van der Waals surface area contributed by atoms with Gasteiger partial charge >= 0.3 is 6.18 Å². The van der Waals surface area contributed by atoms with Gasteiger partial charge in [-0.05, 0) is 42.3 Å². The molecule has 2 atom stereocenters. The third-order valence-electron chi connectivity index (χ3n) is 5.37. The lowest BCUT2D eigenvalue weighted by atomic mass is 9.81. The highest BCUT2D eigenvalue weighted by Crippen LogP contribution is 2.49. The monoisotopic (exact) mass is 422 g/mol. The third kappa shape index (κ3) is 3.86. The minimum Gasteiger partial charge on any atom is -0.374 e. The quantitative estimate of drug-likeness (QED) is 0.406. The Kier molecular flexibility index (Phi) is 5.41.